The zero-order chi connectivity index (χ0) is 13.1. The van der Waals surface area contributed by atoms with Crippen LogP contribution >= 0.6 is 0 Å². The Morgan fingerprint density at radius 2 is 2.06 bits per heavy atom. The third-order valence-electron chi connectivity index (χ3n) is 3.08. The molecule has 1 N–H and O–H groups in total. The van der Waals surface area contributed by atoms with Crippen LogP contribution in [0.5, 0.6) is 0 Å². The van der Waals surface area contributed by atoms with Crippen molar-refractivity contribution in [3.63, 3.8) is 0 Å². The summed E-state index contributed by atoms with van der Waals surface area (Å²) in [6, 6.07) is 7.22. The Balaban J connectivity index is 2.52. The van der Waals surface area contributed by atoms with Crippen molar-refractivity contribution in [3.8, 4) is 0 Å². The Labute approximate surface area is 107 Å². The molecule has 18 heavy (non-hydrogen) atoms. The smallest absolute Gasteiger partial charge is 0.128 e. The van der Waals surface area contributed by atoms with Crippen LogP contribution in [0.2, 0.25) is 0 Å². The van der Waals surface area contributed by atoms with E-state index in [-0.39, 0.29) is 11.9 Å². The fraction of sp³-hybridized carbons (Fsp3) is 0.267. The zero-order valence-electron chi connectivity index (χ0n) is 10.9. The van der Waals surface area contributed by atoms with Gasteiger partial charge in [0, 0.05) is 18.0 Å². The van der Waals surface area contributed by atoms with Gasteiger partial charge < -0.3 is 5.32 Å². The molecule has 0 aliphatic carbocycles. The molecule has 2 aromatic rings. The van der Waals surface area contributed by atoms with Crippen LogP contribution in [0.15, 0.2) is 36.7 Å². The number of halogens is 1. The fourth-order valence-electron chi connectivity index (χ4n) is 2.32. The molecular weight excluding hydrogens is 227 g/mol. The van der Waals surface area contributed by atoms with Gasteiger partial charge in [0.15, 0.2) is 0 Å². The van der Waals surface area contributed by atoms with Gasteiger partial charge in [-0.2, -0.15) is 0 Å². The quantitative estimate of drug-likeness (QED) is 0.897. The van der Waals surface area contributed by atoms with Crippen molar-refractivity contribution >= 4 is 0 Å². The molecule has 0 saturated heterocycles. The van der Waals surface area contributed by atoms with Gasteiger partial charge in [-0.05, 0) is 49.7 Å². The lowest BCUT2D eigenvalue weighted by Crippen LogP contribution is -2.20. The van der Waals surface area contributed by atoms with Crippen LogP contribution in [-0.2, 0) is 0 Å². The van der Waals surface area contributed by atoms with Gasteiger partial charge in [-0.3, -0.25) is 4.98 Å². The molecule has 0 fully saturated rings. The molecular formula is C15H17FN2. The van der Waals surface area contributed by atoms with Gasteiger partial charge in [-0.1, -0.05) is 12.1 Å². The van der Waals surface area contributed by atoms with Crippen molar-refractivity contribution in [1.29, 1.82) is 0 Å². The van der Waals surface area contributed by atoms with Gasteiger partial charge in [0.1, 0.15) is 5.82 Å². The molecule has 0 amide bonds. The summed E-state index contributed by atoms with van der Waals surface area (Å²) in [7, 11) is 1.83. The second-order valence-corrected chi connectivity index (χ2v) is 4.49. The molecule has 0 spiro atoms. The van der Waals surface area contributed by atoms with E-state index < -0.39 is 0 Å². The van der Waals surface area contributed by atoms with Crippen molar-refractivity contribution in [3.05, 3.63) is 64.7 Å². The summed E-state index contributed by atoms with van der Waals surface area (Å²) in [5.41, 5.74) is 3.55. The van der Waals surface area contributed by atoms with E-state index >= 15 is 0 Å². The van der Waals surface area contributed by atoms with Gasteiger partial charge in [-0.15, -0.1) is 0 Å². The molecule has 0 aliphatic heterocycles. The topological polar surface area (TPSA) is 24.9 Å². The summed E-state index contributed by atoms with van der Waals surface area (Å²) < 4.78 is 14.2. The van der Waals surface area contributed by atoms with E-state index in [0.29, 0.717) is 5.56 Å². The molecule has 0 aliphatic rings. The highest BCUT2D eigenvalue weighted by Gasteiger charge is 2.18. The molecule has 1 aromatic heterocycles. The number of rotatable bonds is 3. The minimum atomic E-state index is -0.171. The zero-order valence-corrected chi connectivity index (χ0v) is 10.9. The molecule has 2 rings (SSSR count). The second-order valence-electron chi connectivity index (χ2n) is 4.49. The maximum Gasteiger partial charge on any atom is 0.128 e. The molecule has 1 heterocycles. The Kier molecular flexibility index (Phi) is 3.72. The average molecular weight is 244 g/mol. The maximum absolute atomic E-state index is 14.2. The highest BCUT2D eigenvalue weighted by molar-refractivity contribution is 5.39. The number of nitrogens with one attached hydrogen (secondary N) is 1. The van der Waals surface area contributed by atoms with Crippen LogP contribution in [0.4, 0.5) is 4.39 Å². The Bertz CT molecular complexity index is 514. The SMILES string of the molecule is CNC(c1cccnc1)c1c(C)cc(C)cc1F. The predicted octanol–water partition coefficient (Wildman–Crippen LogP) is 3.15. The summed E-state index contributed by atoms with van der Waals surface area (Å²) in [5, 5.41) is 3.16. The standard InChI is InChI=1S/C15H17FN2/c1-10-7-11(2)14(13(16)8-10)15(17-3)12-5-4-6-18-9-12/h4-9,15,17H,1-3H3. The first-order valence-electron chi connectivity index (χ1n) is 5.97. The van der Waals surface area contributed by atoms with Crippen LogP contribution in [0, 0.1) is 19.7 Å². The van der Waals surface area contributed by atoms with Crippen molar-refractivity contribution in [2.24, 2.45) is 0 Å². The van der Waals surface area contributed by atoms with E-state index in [9.17, 15) is 4.39 Å². The van der Waals surface area contributed by atoms with Crippen LogP contribution in [0.3, 0.4) is 0 Å². The molecule has 94 valence electrons. The summed E-state index contributed by atoms with van der Waals surface area (Å²) in [6.45, 7) is 3.84. The van der Waals surface area contributed by atoms with Crippen LogP contribution in [0.25, 0.3) is 0 Å². The summed E-state index contributed by atoms with van der Waals surface area (Å²) in [6.07, 6.45) is 3.48. The van der Waals surface area contributed by atoms with E-state index in [0.717, 1.165) is 16.7 Å². The molecule has 1 unspecified atom stereocenters. The largest absolute Gasteiger partial charge is 0.309 e. The van der Waals surface area contributed by atoms with E-state index in [1.165, 1.54) is 0 Å². The molecule has 2 nitrogen and oxygen atoms in total. The Morgan fingerprint density at radius 3 is 2.61 bits per heavy atom. The van der Waals surface area contributed by atoms with E-state index in [1.807, 2.05) is 39.1 Å². The van der Waals surface area contributed by atoms with E-state index in [4.69, 9.17) is 0 Å². The van der Waals surface area contributed by atoms with Gasteiger partial charge in [-0.25, -0.2) is 4.39 Å². The number of nitrogens with zero attached hydrogens (tertiary/aromatic N) is 1. The van der Waals surface area contributed by atoms with Gasteiger partial charge in [0.25, 0.3) is 0 Å². The first kappa shape index (κ1) is 12.7. The van der Waals surface area contributed by atoms with Crippen LogP contribution in [-0.4, -0.2) is 12.0 Å². The molecule has 0 bridgehead atoms. The average Bonchev–Trinajstić information content (AvgIpc) is 2.34. The number of aromatic nitrogens is 1. The molecule has 3 heteroatoms. The van der Waals surface area contributed by atoms with E-state index in [2.05, 4.69) is 10.3 Å². The Morgan fingerprint density at radius 1 is 1.28 bits per heavy atom. The van der Waals surface area contributed by atoms with Crippen molar-refractivity contribution < 1.29 is 4.39 Å². The van der Waals surface area contributed by atoms with Crippen LogP contribution in [0.1, 0.15) is 28.3 Å². The van der Waals surface area contributed by atoms with Gasteiger partial charge >= 0.3 is 0 Å². The normalized spacial score (nSPS) is 12.4. The Hall–Kier alpha value is -1.74. The predicted molar refractivity (Wildman–Crippen MR) is 71.0 cm³/mol. The number of hydrogen-bond acceptors (Lipinski definition) is 2. The van der Waals surface area contributed by atoms with Crippen LogP contribution < -0.4 is 5.32 Å². The maximum atomic E-state index is 14.2. The lowest BCUT2D eigenvalue weighted by atomic mass is 9.94. The first-order chi connectivity index (χ1) is 8.63. The summed E-state index contributed by atoms with van der Waals surface area (Å²) in [5.74, 6) is -0.171. The molecule has 0 saturated carbocycles. The van der Waals surface area contributed by atoms with Crippen molar-refractivity contribution in [2.45, 2.75) is 19.9 Å². The third-order valence-corrected chi connectivity index (χ3v) is 3.08. The number of aryl methyl sites for hydroxylation is 2. The van der Waals surface area contributed by atoms with Gasteiger partial charge in [0.05, 0.1) is 6.04 Å². The number of hydrogen-bond donors (Lipinski definition) is 1. The third kappa shape index (κ3) is 2.41. The molecule has 0 radical (unpaired) electrons. The molecule has 1 aromatic carbocycles. The fourth-order valence-corrected chi connectivity index (χ4v) is 2.32. The lowest BCUT2D eigenvalue weighted by molar-refractivity contribution is 0.571. The van der Waals surface area contributed by atoms with Crippen molar-refractivity contribution in [1.82, 2.24) is 10.3 Å². The first-order valence-corrected chi connectivity index (χ1v) is 5.97. The lowest BCUT2D eigenvalue weighted by Gasteiger charge is -2.20. The van der Waals surface area contributed by atoms with E-state index in [1.54, 1.807) is 18.5 Å². The van der Waals surface area contributed by atoms with Gasteiger partial charge in [0.2, 0.25) is 0 Å². The van der Waals surface area contributed by atoms with Crippen molar-refractivity contribution in [2.75, 3.05) is 7.05 Å². The highest BCUT2D eigenvalue weighted by atomic mass is 19.1. The number of benzene rings is 1. The highest BCUT2D eigenvalue weighted by Crippen LogP contribution is 2.27. The molecule has 1 atom stereocenters. The summed E-state index contributed by atoms with van der Waals surface area (Å²) in [4.78, 5) is 4.09. The number of pyridine rings is 1. The summed E-state index contributed by atoms with van der Waals surface area (Å²) >= 11 is 0. The monoisotopic (exact) mass is 244 g/mol. The minimum Gasteiger partial charge on any atom is -0.309 e. The minimum absolute atomic E-state index is 0.167. The second kappa shape index (κ2) is 5.27.